The van der Waals surface area contributed by atoms with Crippen LogP contribution in [0.4, 0.5) is 0 Å². The molecule has 0 saturated carbocycles. The first-order valence-electron chi connectivity index (χ1n) is 4.40. The molecule has 0 aromatic heterocycles. The Hall–Kier alpha value is -0.430. The molecule has 14 heavy (non-hydrogen) atoms. The SMILES string of the molecule is C=CCS(=O)(=O)NCCNCCOC. The van der Waals surface area contributed by atoms with E-state index in [1.54, 1.807) is 7.11 Å². The van der Waals surface area contributed by atoms with Crippen molar-refractivity contribution in [3.63, 3.8) is 0 Å². The summed E-state index contributed by atoms with van der Waals surface area (Å²) in [6.45, 7) is 5.70. The average molecular weight is 222 g/mol. The van der Waals surface area contributed by atoms with Crippen LogP contribution in [0.3, 0.4) is 0 Å². The van der Waals surface area contributed by atoms with Crippen LogP contribution in [0.25, 0.3) is 0 Å². The fourth-order valence-electron chi connectivity index (χ4n) is 0.808. The Balaban J connectivity index is 3.40. The number of hydrogen-bond donors (Lipinski definition) is 2. The first kappa shape index (κ1) is 13.6. The van der Waals surface area contributed by atoms with Crippen molar-refractivity contribution < 1.29 is 13.2 Å². The van der Waals surface area contributed by atoms with Gasteiger partial charge in [-0.3, -0.25) is 0 Å². The minimum Gasteiger partial charge on any atom is -0.383 e. The maximum atomic E-state index is 11.1. The lowest BCUT2D eigenvalue weighted by Crippen LogP contribution is -2.33. The van der Waals surface area contributed by atoms with Crippen LogP contribution in [0.15, 0.2) is 12.7 Å². The molecule has 0 spiro atoms. The van der Waals surface area contributed by atoms with Gasteiger partial charge in [-0.05, 0) is 0 Å². The van der Waals surface area contributed by atoms with E-state index in [4.69, 9.17) is 4.74 Å². The number of sulfonamides is 1. The maximum Gasteiger partial charge on any atom is 0.215 e. The minimum absolute atomic E-state index is 0.0366. The highest BCUT2D eigenvalue weighted by Crippen LogP contribution is 1.82. The van der Waals surface area contributed by atoms with Gasteiger partial charge in [-0.2, -0.15) is 0 Å². The standard InChI is InChI=1S/C8H18N2O3S/c1-3-8-14(11,12)10-5-4-9-6-7-13-2/h3,9-10H,1,4-8H2,2H3. The number of ether oxygens (including phenoxy) is 1. The van der Waals surface area contributed by atoms with Crippen molar-refractivity contribution in [1.82, 2.24) is 10.0 Å². The van der Waals surface area contributed by atoms with Crippen LogP contribution < -0.4 is 10.0 Å². The maximum absolute atomic E-state index is 11.1. The topological polar surface area (TPSA) is 67.4 Å². The number of methoxy groups -OCH3 is 1. The fourth-order valence-corrected chi connectivity index (χ4v) is 1.65. The van der Waals surface area contributed by atoms with Crippen molar-refractivity contribution in [2.75, 3.05) is 39.1 Å². The first-order chi connectivity index (χ1) is 6.62. The molecule has 2 N–H and O–H groups in total. The van der Waals surface area contributed by atoms with E-state index in [9.17, 15) is 8.42 Å². The van der Waals surface area contributed by atoms with E-state index in [-0.39, 0.29) is 5.75 Å². The van der Waals surface area contributed by atoms with Gasteiger partial charge in [-0.1, -0.05) is 6.08 Å². The molecule has 0 unspecified atom stereocenters. The van der Waals surface area contributed by atoms with Crippen LogP contribution in [0.1, 0.15) is 0 Å². The zero-order valence-corrected chi connectivity index (χ0v) is 9.27. The van der Waals surface area contributed by atoms with Crippen LogP contribution >= 0.6 is 0 Å². The lowest BCUT2D eigenvalue weighted by atomic mass is 10.6. The van der Waals surface area contributed by atoms with Crippen LogP contribution in [0.2, 0.25) is 0 Å². The number of hydrogen-bond acceptors (Lipinski definition) is 4. The predicted molar refractivity (Wildman–Crippen MR) is 56.7 cm³/mol. The second-order valence-corrected chi connectivity index (χ2v) is 4.56. The van der Waals surface area contributed by atoms with Crippen molar-refractivity contribution in [3.8, 4) is 0 Å². The fraction of sp³-hybridized carbons (Fsp3) is 0.750. The number of nitrogens with one attached hydrogen (secondary N) is 2. The molecule has 0 aliphatic rings. The average Bonchev–Trinajstić information content (AvgIpc) is 2.11. The lowest BCUT2D eigenvalue weighted by Gasteiger charge is -2.05. The summed E-state index contributed by atoms with van der Waals surface area (Å²) >= 11 is 0. The van der Waals surface area contributed by atoms with Gasteiger partial charge in [0.15, 0.2) is 0 Å². The van der Waals surface area contributed by atoms with Crippen molar-refractivity contribution >= 4 is 10.0 Å². The molecule has 0 atom stereocenters. The van der Waals surface area contributed by atoms with E-state index in [2.05, 4.69) is 16.6 Å². The van der Waals surface area contributed by atoms with E-state index in [0.29, 0.717) is 19.7 Å². The van der Waals surface area contributed by atoms with Crippen molar-refractivity contribution in [3.05, 3.63) is 12.7 Å². The Labute approximate surface area is 85.6 Å². The molecule has 0 saturated heterocycles. The summed E-state index contributed by atoms with van der Waals surface area (Å²) < 4.78 is 29.4. The molecule has 0 heterocycles. The molecule has 6 heteroatoms. The van der Waals surface area contributed by atoms with E-state index in [0.717, 1.165) is 6.54 Å². The summed E-state index contributed by atoms with van der Waals surface area (Å²) in [5.74, 6) is -0.0366. The highest BCUT2D eigenvalue weighted by Gasteiger charge is 2.04. The van der Waals surface area contributed by atoms with Gasteiger partial charge in [0.05, 0.1) is 12.4 Å². The van der Waals surface area contributed by atoms with E-state index in [1.807, 2.05) is 0 Å². The van der Waals surface area contributed by atoms with Crippen LogP contribution in [-0.4, -0.2) is 47.5 Å². The Morgan fingerprint density at radius 3 is 2.64 bits per heavy atom. The zero-order valence-electron chi connectivity index (χ0n) is 8.45. The third kappa shape index (κ3) is 8.18. The lowest BCUT2D eigenvalue weighted by molar-refractivity contribution is 0.199. The highest BCUT2D eigenvalue weighted by atomic mass is 32.2. The zero-order chi connectivity index (χ0) is 10.9. The molecule has 5 nitrogen and oxygen atoms in total. The largest absolute Gasteiger partial charge is 0.383 e. The second-order valence-electron chi connectivity index (χ2n) is 2.71. The Kier molecular flexibility index (Phi) is 7.68. The van der Waals surface area contributed by atoms with E-state index < -0.39 is 10.0 Å². The van der Waals surface area contributed by atoms with Gasteiger partial charge in [-0.25, -0.2) is 13.1 Å². The predicted octanol–water partition coefficient (Wildman–Crippen LogP) is -0.672. The molecule has 0 radical (unpaired) electrons. The third-order valence-corrected chi connectivity index (χ3v) is 2.76. The van der Waals surface area contributed by atoms with Crippen LogP contribution in [0.5, 0.6) is 0 Å². The third-order valence-electron chi connectivity index (χ3n) is 1.44. The molecule has 0 aromatic carbocycles. The van der Waals surface area contributed by atoms with Gasteiger partial charge >= 0.3 is 0 Å². The number of rotatable bonds is 9. The molecule has 84 valence electrons. The molecular formula is C8H18N2O3S. The molecule has 0 aliphatic heterocycles. The minimum atomic E-state index is -3.16. The quantitative estimate of drug-likeness (QED) is 0.401. The van der Waals surface area contributed by atoms with Gasteiger partial charge in [0.1, 0.15) is 0 Å². The Morgan fingerprint density at radius 1 is 1.36 bits per heavy atom. The Bertz CT molecular complexity index is 239. The monoisotopic (exact) mass is 222 g/mol. The first-order valence-corrected chi connectivity index (χ1v) is 6.05. The van der Waals surface area contributed by atoms with Crippen molar-refractivity contribution in [1.29, 1.82) is 0 Å². The summed E-state index contributed by atoms with van der Waals surface area (Å²) in [5, 5.41) is 3.02. The molecule has 0 rings (SSSR count). The van der Waals surface area contributed by atoms with Gasteiger partial charge in [0.25, 0.3) is 0 Å². The molecule has 0 amide bonds. The van der Waals surface area contributed by atoms with Gasteiger partial charge < -0.3 is 10.1 Å². The summed E-state index contributed by atoms with van der Waals surface area (Å²) in [6.07, 6.45) is 1.36. The van der Waals surface area contributed by atoms with Gasteiger partial charge in [0, 0.05) is 26.7 Å². The molecule has 0 aromatic rings. The summed E-state index contributed by atoms with van der Waals surface area (Å²) in [4.78, 5) is 0. The smallest absolute Gasteiger partial charge is 0.215 e. The molecule has 0 fully saturated rings. The van der Waals surface area contributed by atoms with Gasteiger partial charge in [-0.15, -0.1) is 6.58 Å². The van der Waals surface area contributed by atoms with E-state index >= 15 is 0 Å². The van der Waals surface area contributed by atoms with Crippen molar-refractivity contribution in [2.24, 2.45) is 0 Å². The summed E-state index contributed by atoms with van der Waals surface area (Å²) in [6, 6.07) is 0. The summed E-state index contributed by atoms with van der Waals surface area (Å²) in [7, 11) is -1.54. The van der Waals surface area contributed by atoms with E-state index in [1.165, 1.54) is 6.08 Å². The van der Waals surface area contributed by atoms with Gasteiger partial charge in [0.2, 0.25) is 10.0 Å². The van der Waals surface area contributed by atoms with Crippen LogP contribution in [-0.2, 0) is 14.8 Å². The van der Waals surface area contributed by atoms with Crippen LogP contribution in [0, 0.1) is 0 Å². The normalized spacial score (nSPS) is 11.5. The molecule has 0 aliphatic carbocycles. The summed E-state index contributed by atoms with van der Waals surface area (Å²) in [5.41, 5.74) is 0. The highest BCUT2D eigenvalue weighted by molar-refractivity contribution is 7.89. The molecular weight excluding hydrogens is 204 g/mol. The van der Waals surface area contributed by atoms with Crippen molar-refractivity contribution in [2.45, 2.75) is 0 Å². The molecule has 0 bridgehead atoms. The Morgan fingerprint density at radius 2 is 2.07 bits per heavy atom. The second kappa shape index (κ2) is 7.93.